The first-order valence-corrected chi connectivity index (χ1v) is 8.04. The van der Waals surface area contributed by atoms with Crippen LogP contribution in [0.2, 0.25) is 0 Å². The Bertz CT molecular complexity index is 656. The molecular formula is C16H20N4O3. The molecule has 0 spiro atoms. The number of imide groups is 1. The van der Waals surface area contributed by atoms with Crippen molar-refractivity contribution in [2.24, 2.45) is 0 Å². The van der Waals surface area contributed by atoms with Crippen LogP contribution >= 0.6 is 0 Å². The number of nitrogens with zero attached hydrogens (tertiary/aromatic N) is 3. The Hall–Kier alpha value is -2.31. The molecule has 0 bridgehead atoms. The van der Waals surface area contributed by atoms with Crippen LogP contribution in [0, 0.1) is 6.92 Å². The molecule has 1 fully saturated rings. The summed E-state index contributed by atoms with van der Waals surface area (Å²) in [6.07, 6.45) is 4.72. The van der Waals surface area contributed by atoms with Crippen LogP contribution in [-0.4, -0.2) is 39.1 Å². The summed E-state index contributed by atoms with van der Waals surface area (Å²) in [6, 6.07) is 0. The van der Waals surface area contributed by atoms with Gasteiger partial charge >= 0.3 is 0 Å². The molecule has 3 amide bonds. The van der Waals surface area contributed by atoms with Crippen LogP contribution in [0.1, 0.15) is 49.1 Å². The third kappa shape index (κ3) is 3.38. The van der Waals surface area contributed by atoms with E-state index in [-0.39, 0.29) is 43.5 Å². The number of anilines is 1. The quantitative estimate of drug-likeness (QED) is 0.841. The van der Waals surface area contributed by atoms with Gasteiger partial charge in [-0.1, -0.05) is 0 Å². The molecule has 2 heterocycles. The summed E-state index contributed by atoms with van der Waals surface area (Å²) >= 11 is 0. The first-order chi connectivity index (χ1) is 11.0. The minimum Gasteiger partial charge on any atom is -0.294 e. The van der Waals surface area contributed by atoms with E-state index in [1.165, 1.54) is 5.56 Å². The molecule has 1 aliphatic heterocycles. The monoisotopic (exact) mass is 316 g/mol. The minimum atomic E-state index is -0.285. The van der Waals surface area contributed by atoms with Crippen molar-refractivity contribution >= 4 is 23.7 Å². The van der Waals surface area contributed by atoms with Crippen LogP contribution in [0.15, 0.2) is 0 Å². The fraction of sp³-hybridized carbons (Fsp3) is 0.562. The molecule has 2 aliphatic rings. The number of carbonyl (C=O) groups is 3. The second-order valence-corrected chi connectivity index (χ2v) is 6.00. The molecule has 1 saturated heterocycles. The highest BCUT2D eigenvalue weighted by molar-refractivity contribution is 6.02. The van der Waals surface area contributed by atoms with Crippen LogP contribution < -0.4 is 5.32 Å². The standard InChI is InChI=1S/C16H20N4O3/c1-10-11-4-2-3-5-12(11)18-16(17-10)19-13(21)8-9-20-14(22)6-7-15(20)23/h2-9H2,1H3,(H,17,18,19,21). The number of rotatable bonds is 4. The Kier molecular flexibility index (Phi) is 4.36. The molecule has 1 aromatic rings. The van der Waals surface area contributed by atoms with Gasteiger partial charge in [-0.2, -0.15) is 0 Å². The van der Waals surface area contributed by atoms with E-state index < -0.39 is 0 Å². The Morgan fingerprint density at radius 2 is 1.78 bits per heavy atom. The van der Waals surface area contributed by atoms with E-state index in [1.54, 1.807) is 0 Å². The predicted molar refractivity (Wildman–Crippen MR) is 82.6 cm³/mol. The lowest BCUT2D eigenvalue weighted by Crippen LogP contribution is -2.32. The lowest BCUT2D eigenvalue weighted by molar-refractivity contribution is -0.138. The summed E-state index contributed by atoms with van der Waals surface area (Å²) in [4.78, 5) is 45.0. The van der Waals surface area contributed by atoms with Crippen LogP contribution in [0.25, 0.3) is 0 Å². The zero-order valence-electron chi connectivity index (χ0n) is 13.2. The second kappa shape index (κ2) is 6.44. The second-order valence-electron chi connectivity index (χ2n) is 6.00. The SMILES string of the molecule is Cc1nc(NC(=O)CCN2C(=O)CCC2=O)nc2c1CCCC2. The molecule has 0 aromatic carbocycles. The van der Waals surface area contributed by atoms with Gasteiger partial charge < -0.3 is 0 Å². The van der Waals surface area contributed by atoms with E-state index in [1.807, 2.05) is 6.92 Å². The highest BCUT2D eigenvalue weighted by atomic mass is 16.2. The Labute approximate surface area is 134 Å². The maximum Gasteiger partial charge on any atom is 0.229 e. The summed E-state index contributed by atoms with van der Waals surface area (Å²) in [6.45, 7) is 2.05. The molecule has 0 radical (unpaired) electrons. The molecule has 0 atom stereocenters. The van der Waals surface area contributed by atoms with Crippen molar-refractivity contribution in [3.05, 3.63) is 17.0 Å². The van der Waals surface area contributed by atoms with Gasteiger partial charge in [0.25, 0.3) is 0 Å². The van der Waals surface area contributed by atoms with Gasteiger partial charge in [-0.3, -0.25) is 24.6 Å². The van der Waals surface area contributed by atoms with Gasteiger partial charge in [-0.15, -0.1) is 0 Å². The van der Waals surface area contributed by atoms with E-state index in [9.17, 15) is 14.4 Å². The predicted octanol–water partition coefficient (Wildman–Crippen LogP) is 1.14. The summed E-state index contributed by atoms with van der Waals surface area (Å²) in [5.74, 6) is -0.382. The number of nitrogens with one attached hydrogen (secondary N) is 1. The smallest absolute Gasteiger partial charge is 0.229 e. The highest BCUT2D eigenvalue weighted by Gasteiger charge is 2.28. The maximum atomic E-state index is 12.0. The molecule has 3 rings (SSSR count). The van der Waals surface area contributed by atoms with Crippen molar-refractivity contribution in [2.75, 3.05) is 11.9 Å². The van der Waals surface area contributed by atoms with Crippen molar-refractivity contribution in [1.29, 1.82) is 0 Å². The Balaban J connectivity index is 1.61. The molecule has 1 N–H and O–H groups in total. The third-order valence-electron chi connectivity index (χ3n) is 4.36. The van der Waals surface area contributed by atoms with E-state index in [0.717, 1.165) is 42.0 Å². The minimum absolute atomic E-state index is 0.0664. The largest absolute Gasteiger partial charge is 0.294 e. The number of carbonyl (C=O) groups excluding carboxylic acids is 3. The fourth-order valence-electron chi connectivity index (χ4n) is 3.11. The Morgan fingerprint density at radius 3 is 2.52 bits per heavy atom. The fourth-order valence-corrected chi connectivity index (χ4v) is 3.11. The number of hydrogen-bond donors (Lipinski definition) is 1. The first kappa shape index (κ1) is 15.6. The van der Waals surface area contributed by atoms with E-state index in [2.05, 4.69) is 15.3 Å². The third-order valence-corrected chi connectivity index (χ3v) is 4.36. The molecule has 1 aliphatic carbocycles. The lowest BCUT2D eigenvalue weighted by atomic mass is 9.95. The van der Waals surface area contributed by atoms with Crippen molar-refractivity contribution in [3.63, 3.8) is 0 Å². The molecular weight excluding hydrogens is 296 g/mol. The Morgan fingerprint density at radius 1 is 1.09 bits per heavy atom. The van der Waals surface area contributed by atoms with Gasteiger partial charge in [0.05, 0.1) is 0 Å². The van der Waals surface area contributed by atoms with Crippen molar-refractivity contribution in [3.8, 4) is 0 Å². The first-order valence-electron chi connectivity index (χ1n) is 8.04. The van der Waals surface area contributed by atoms with Crippen molar-refractivity contribution < 1.29 is 14.4 Å². The molecule has 23 heavy (non-hydrogen) atoms. The average Bonchev–Trinajstić information content (AvgIpc) is 2.84. The van der Waals surface area contributed by atoms with E-state index >= 15 is 0 Å². The van der Waals surface area contributed by atoms with Crippen LogP contribution in [0.5, 0.6) is 0 Å². The van der Waals surface area contributed by atoms with Gasteiger partial charge in [-0.05, 0) is 38.2 Å². The van der Waals surface area contributed by atoms with Gasteiger partial charge in [0.1, 0.15) is 0 Å². The molecule has 1 aromatic heterocycles. The topological polar surface area (TPSA) is 92.3 Å². The van der Waals surface area contributed by atoms with Gasteiger partial charge in [-0.25, -0.2) is 9.97 Å². The molecule has 7 heteroatoms. The van der Waals surface area contributed by atoms with Gasteiger partial charge in [0.2, 0.25) is 23.7 Å². The highest BCUT2D eigenvalue weighted by Crippen LogP contribution is 2.22. The average molecular weight is 316 g/mol. The number of hydrogen-bond acceptors (Lipinski definition) is 5. The van der Waals surface area contributed by atoms with Crippen LogP contribution in [0.3, 0.4) is 0 Å². The summed E-state index contributed by atoms with van der Waals surface area (Å²) in [7, 11) is 0. The van der Waals surface area contributed by atoms with E-state index in [4.69, 9.17) is 0 Å². The van der Waals surface area contributed by atoms with Crippen molar-refractivity contribution in [2.45, 2.75) is 51.9 Å². The number of aryl methyl sites for hydroxylation is 2. The number of aromatic nitrogens is 2. The van der Waals surface area contributed by atoms with Crippen LogP contribution in [0.4, 0.5) is 5.95 Å². The molecule has 122 valence electrons. The molecule has 7 nitrogen and oxygen atoms in total. The van der Waals surface area contributed by atoms with Crippen molar-refractivity contribution in [1.82, 2.24) is 14.9 Å². The van der Waals surface area contributed by atoms with Crippen LogP contribution in [-0.2, 0) is 27.2 Å². The van der Waals surface area contributed by atoms with Gasteiger partial charge in [0.15, 0.2) is 0 Å². The summed E-state index contributed by atoms with van der Waals surface area (Å²) in [5, 5.41) is 2.68. The number of fused-ring (bicyclic) bond motifs is 1. The number of likely N-dealkylation sites (tertiary alicyclic amines) is 1. The van der Waals surface area contributed by atoms with Gasteiger partial charge in [0, 0.05) is 37.2 Å². The zero-order chi connectivity index (χ0) is 16.4. The summed E-state index contributed by atoms with van der Waals surface area (Å²) < 4.78 is 0. The zero-order valence-corrected chi connectivity index (χ0v) is 13.2. The lowest BCUT2D eigenvalue weighted by Gasteiger charge is -2.18. The number of amides is 3. The molecule has 0 saturated carbocycles. The normalized spacial score (nSPS) is 17.3. The molecule has 0 unspecified atom stereocenters. The summed E-state index contributed by atoms with van der Waals surface area (Å²) in [5.41, 5.74) is 3.13. The van der Waals surface area contributed by atoms with E-state index in [0.29, 0.717) is 5.95 Å². The maximum absolute atomic E-state index is 12.0.